The molecule has 2 heterocycles. The summed E-state index contributed by atoms with van der Waals surface area (Å²) in [4.78, 5) is 12.0. The van der Waals surface area contributed by atoms with Gasteiger partial charge in [0, 0.05) is 13.1 Å². The van der Waals surface area contributed by atoms with Crippen molar-refractivity contribution in [3.8, 4) is 0 Å². The van der Waals surface area contributed by atoms with E-state index in [4.69, 9.17) is 0 Å². The van der Waals surface area contributed by atoms with E-state index in [2.05, 4.69) is 46.7 Å². The minimum Gasteiger partial charge on any atom is -0.332 e. The van der Waals surface area contributed by atoms with E-state index in [0.717, 1.165) is 29.9 Å². The number of urea groups is 1. The Bertz CT molecular complexity index is 664. The van der Waals surface area contributed by atoms with Crippen LogP contribution in [-0.4, -0.2) is 26.0 Å². The van der Waals surface area contributed by atoms with Gasteiger partial charge in [0.05, 0.1) is 23.6 Å². The highest BCUT2D eigenvalue weighted by molar-refractivity contribution is 5.88. The van der Waals surface area contributed by atoms with Crippen molar-refractivity contribution in [2.45, 2.75) is 47.1 Å². The molecule has 0 aliphatic heterocycles. The van der Waals surface area contributed by atoms with Gasteiger partial charge >= 0.3 is 6.03 Å². The van der Waals surface area contributed by atoms with Crippen LogP contribution in [0, 0.1) is 5.41 Å². The highest BCUT2D eigenvalue weighted by Crippen LogP contribution is 2.21. The van der Waals surface area contributed by atoms with Crippen LogP contribution in [0.15, 0.2) is 12.1 Å². The number of hydrogen-bond acceptors (Lipinski definition) is 3. The number of carbonyl (C=O) groups is 1. The monoisotopic (exact) mass is 318 g/mol. The lowest BCUT2D eigenvalue weighted by Crippen LogP contribution is -2.29. The topological polar surface area (TPSA) is 87.6 Å². The average Bonchev–Trinajstić information content (AvgIpc) is 3.02. The van der Waals surface area contributed by atoms with E-state index in [-0.39, 0.29) is 11.4 Å². The van der Waals surface area contributed by atoms with Crippen LogP contribution in [0.4, 0.5) is 10.6 Å². The molecule has 7 heteroatoms. The second-order valence-corrected chi connectivity index (χ2v) is 6.93. The third-order valence-electron chi connectivity index (χ3n) is 3.37. The molecule has 7 nitrogen and oxygen atoms in total. The molecule has 0 unspecified atom stereocenters. The van der Waals surface area contributed by atoms with Crippen LogP contribution in [0.25, 0.3) is 0 Å². The van der Waals surface area contributed by atoms with E-state index in [1.165, 1.54) is 0 Å². The number of amides is 2. The number of carbonyl (C=O) groups excluding carboxylic acids is 1. The predicted octanol–water partition coefficient (Wildman–Crippen LogP) is 2.62. The molecular weight excluding hydrogens is 292 g/mol. The third-order valence-corrected chi connectivity index (χ3v) is 3.37. The van der Waals surface area contributed by atoms with Gasteiger partial charge in [-0.15, -0.1) is 0 Å². The van der Waals surface area contributed by atoms with Gasteiger partial charge in [0.15, 0.2) is 0 Å². The van der Waals surface area contributed by atoms with Gasteiger partial charge in [0.1, 0.15) is 5.82 Å². The Morgan fingerprint density at radius 1 is 1.30 bits per heavy atom. The van der Waals surface area contributed by atoms with E-state index >= 15 is 0 Å². The zero-order valence-corrected chi connectivity index (χ0v) is 14.5. The molecule has 2 rings (SSSR count). The Morgan fingerprint density at radius 3 is 2.65 bits per heavy atom. The maximum atomic E-state index is 12.0. The van der Waals surface area contributed by atoms with Crippen LogP contribution in [0.5, 0.6) is 0 Å². The van der Waals surface area contributed by atoms with Gasteiger partial charge in [0.25, 0.3) is 0 Å². The summed E-state index contributed by atoms with van der Waals surface area (Å²) < 4.78 is 1.69. The van der Waals surface area contributed by atoms with Crippen molar-refractivity contribution >= 4 is 11.8 Å². The number of H-pyrrole nitrogens is 1. The van der Waals surface area contributed by atoms with Gasteiger partial charge in [-0.25, -0.2) is 4.79 Å². The lowest BCUT2D eigenvalue weighted by molar-refractivity contribution is 0.251. The van der Waals surface area contributed by atoms with Crippen LogP contribution in [0.1, 0.15) is 44.8 Å². The third kappa shape index (κ3) is 5.12. The van der Waals surface area contributed by atoms with Crippen molar-refractivity contribution in [2.75, 3.05) is 5.32 Å². The smallest absolute Gasteiger partial charge is 0.320 e. The summed E-state index contributed by atoms with van der Waals surface area (Å²) in [6.45, 7) is 8.94. The van der Waals surface area contributed by atoms with Crippen molar-refractivity contribution in [1.29, 1.82) is 0 Å². The zero-order chi connectivity index (χ0) is 17.0. The number of nitrogens with one attached hydrogen (secondary N) is 3. The Hall–Kier alpha value is -2.31. The predicted molar refractivity (Wildman–Crippen MR) is 90.2 cm³/mol. The normalized spacial score (nSPS) is 11.5. The lowest BCUT2D eigenvalue weighted by Gasteiger charge is -2.15. The van der Waals surface area contributed by atoms with E-state index < -0.39 is 0 Å². The maximum absolute atomic E-state index is 12.0. The van der Waals surface area contributed by atoms with E-state index in [9.17, 15) is 4.79 Å². The SMILES string of the molecule is CCc1cc(CNC(=O)Nc2cc(CC(C)(C)C)nn2C)[nH]n1. The Balaban J connectivity index is 1.89. The Labute approximate surface area is 136 Å². The van der Waals surface area contributed by atoms with Gasteiger partial charge in [-0.3, -0.25) is 15.1 Å². The molecule has 0 aromatic carbocycles. The Kier molecular flexibility index (Phi) is 5.08. The average molecular weight is 318 g/mol. The molecule has 0 bridgehead atoms. The molecule has 0 fully saturated rings. The summed E-state index contributed by atoms with van der Waals surface area (Å²) in [6.07, 6.45) is 1.73. The number of aromatic nitrogens is 4. The lowest BCUT2D eigenvalue weighted by atomic mass is 9.91. The van der Waals surface area contributed by atoms with Crippen molar-refractivity contribution in [1.82, 2.24) is 25.3 Å². The fraction of sp³-hybridized carbons (Fsp3) is 0.562. The molecule has 0 spiro atoms. The van der Waals surface area contributed by atoms with E-state index in [1.807, 2.05) is 26.1 Å². The fourth-order valence-corrected chi connectivity index (χ4v) is 2.29. The molecule has 126 valence electrons. The summed E-state index contributed by atoms with van der Waals surface area (Å²) >= 11 is 0. The molecule has 0 saturated heterocycles. The number of anilines is 1. The molecule has 0 aliphatic rings. The number of aryl methyl sites for hydroxylation is 2. The van der Waals surface area contributed by atoms with Crippen LogP contribution in [0.2, 0.25) is 0 Å². The maximum Gasteiger partial charge on any atom is 0.320 e. The van der Waals surface area contributed by atoms with Gasteiger partial charge < -0.3 is 5.32 Å². The highest BCUT2D eigenvalue weighted by Gasteiger charge is 2.15. The first-order valence-electron chi connectivity index (χ1n) is 7.88. The van der Waals surface area contributed by atoms with Crippen LogP contribution < -0.4 is 10.6 Å². The van der Waals surface area contributed by atoms with Gasteiger partial charge in [0.2, 0.25) is 0 Å². The summed E-state index contributed by atoms with van der Waals surface area (Å²) in [7, 11) is 1.82. The first-order chi connectivity index (χ1) is 10.8. The molecule has 0 atom stereocenters. The van der Waals surface area contributed by atoms with Crippen LogP contribution in [-0.2, 0) is 26.4 Å². The van der Waals surface area contributed by atoms with Crippen molar-refractivity contribution in [2.24, 2.45) is 12.5 Å². The minimum atomic E-state index is -0.261. The van der Waals surface area contributed by atoms with Crippen LogP contribution >= 0.6 is 0 Å². The molecule has 2 amide bonds. The second kappa shape index (κ2) is 6.85. The number of nitrogens with zero attached hydrogens (tertiary/aromatic N) is 3. The quantitative estimate of drug-likeness (QED) is 0.792. The largest absolute Gasteiger partial charge is 0.332 e. The number of hydrogen-bond donors (Lipinski definition) is 3. The van der Waals surface area contributed by atoms with Crippen molar-refractivity contribution in [3.63, 3.8) is 0 Å². The number of rotatable bonds is 5. The highest BCUT2D eigenvalue weighted by atomic mass is 16.2. The van der Waals surface area contributed by atoms with Gasteiger partial charge in [-0.2, -0.15) is 10.2 Å². The van der Waals surface area contributed by atoms with E-state index in [1.54, 1.807) is 4.68 Å². The summed E-state index contributed by atoms with van der Waals surface area (Å²) in [5.41, 5.74) is 3.00. The van der Waals surface area contributed by atoms with Crippen molar-refractivity contribution < 1.29 is 4.79 Å². The van der Waals surface area contributed by atoms with Crippen LogP contribution in [0.3, 0.4) is 0 Å². The first kappa shape index (κ1) is 17.1. The molecule has 0 radical (unpaired) electrons. The molecule has 23 heavy (non-hydrogen) atoms. The number of aromatic amines is 1. The summed E-state index contributed by atoms with van der Waals surface area (Å²) in [6, 6.07) is 3.60. The molecule has 0 saturated carbocycles. The summed E-state index contributed by atoms with van der Waals surface area (Å²) in [5.74, 6) is 0.681. The van der Waals surface area contributed by atoms with E-state index in [0.29, 0.717) is 12.4 Å². The molecule has 2 aromatic heterocycles. The standard InChI is InChI=1S/C16H26N6O/c1-6-11-7-13(20-19-11)10-17-15(23)18-14-8-12(21-22(14)5)9-16(2,3)4/h7-8H,6,9-10H2,1-5H3,(H,19,20)(H2,17,18,23). The molecular formula is C16H26N6O. The second-order valence-electron chi connectivity index (χ2n) is 6.93. The summed E-state index contributed by atoms with van der Waals surface area (Å²) in [5, 5.41) is 17.1. The molecule has 2 aromatic rings. The molecule has 3 N–H and O–H groups in total. The zero-order valence-electron chi connectivity index (χ0n) is 14.5. The molecule has 0 aliphatic carbocycles. The fourth-order valence-electron chi connectivity index (χ4n) is 2.29. The van der Waals surface area contributed by atoms with Gasteiger partial charge in [-0.05, 0) is 24.3 Å². The first-order valence-corrected chi connectivity index (χ1v) is 7.88. The van der Waals surface area contributed by atoms with Gasteiger partial charge in [-0.1, -0.05) is 27.7 Å². The Morgan fingerprint density at radius 2 is 2.04 bits per heavy atom. The van der Waals surface area contributed by atoms with Crippen molar-refractivity contribution in [3.05, 3.63) is 29.2 Å². The minimum absolute atomic E-state index is 0.158.